The number of aryl methyl sites for hydroxylation is 1. The van der Waals surface area contributed by atoms with Crippen LogP contribution in [0.4, 0.5) is 4.79 Å². The minimum Gasteiger partial charge on any atom is -0.480 e. The fraction of sp³-hybridized carbons (Fsp3) is 0.538. The number of carbonyl (C=O) groups is 2. The van der Waals surface area contributed by atoms with Crippen LogP contribution < -0.4 is 5.32 Å². The topological polar surface area (TPSA) is 69.6 Å². The lowest BCUT2D eigenvalue weighted by molar-refractivity contribution is -0.140. The summed E-state index contributed by atoms with van der Waals surface area (Å²) in [6, 6.07) is 3.11. The molecule has 0 aromatic carbocycles. The number of carbonyl (C=O) groups excluding carboxylic acids is 1. The van der Waals surface area contributed by atoms with Gasteiger partial charge in [0, 0.05) is 28.0 Å². The highest BCUT2D eigenvalue weighted by molar-refractivity contribution is 7.99. The van der Waals surface area contributed by atoms with Gasteiger partial charge < -0.3 is 15.3 Å². The molecule has 7 heteroatoms. The third-order valence-electron chi connectivity index (χ3n) is 3.10. The lowest BCUT2D eigenvalue weighted by Crippen LogP contribution is -2.49. The normalized spacial score (nSPS) is 19.9. The number of amides is 2. The first kappa shape index (κ1) is 15.2. The van der Waals surface area contributed by atoms with E-state index in [0.717, 1.165) is 6.42 Å². The minimum absolute atomic E-state index is 0.0133. The summed E-state index contributed by atoms with van der Waals surface area (Å²) < 4.78 is 0. The molecule has 1 unspecified atom stereocenters. The van der Waals surface area contributed by atoms with Crippen LogP contribution in [0.25, 0.3) is 0 Å². The maximum atomic E-state index is 12.1. The van der Waals surface area contributed by atoms with Crippen LogP contribution in [0.15, 0.2) is 12.1 Å². The summed E-state index contributed by atoms with van der Waals surface area (Å²) in [6.45, 7) is 3.99. The first-order valence-corrected chi connectivity index (χ1v) is 8.37. The van der Waals surface area contributed by atoms with Gasteiger partial charge in [-0.25, -0.2) is 9.59 Å². The van der Waals surface area contributed by atoms with E-state index in [4.69, 9.17) is 5.11 Å². The van der Waals surface area contributed by atoms with Crippen molar-refractivity contribution in [1.82, 2.24) is 10.2 Å². The molecule has 2 rings (SSSR count). The second-order valence-electron chi connectivity index (χ2n) is 4.89. The van der Waals surface area contributed by atoms with Crippen LogP contribution in [-0.2, 0) is 11.2 Å². The number of thioether (sulfide) groups is 1. The van der Waals surface area contributed by atoms with Gasteiger partial charge in [0.2, 0.25) is 0 Å². The molecular formula is C13H18N2O3S2. The van der Waals surface area contributed by atoms with Crippen molar-refractivity contribution in [3.05, 3.63) is 21.9 Å². The molecule has 2 atom stereocenters. The zero-order valence-corrected chi connectivity index (χ0v) is 13.1. The van der Waals surface area contributed by atoms with Crippen molar-refractivity contribution in [1.29, 1.82) is 0 Å². The van der Waals surface area contributed by atoms with Crippen molar-refractivity contribution in [3.8, 4) is 0 Å². The lowest BCUT2D eigenvalue weighted by Gasteiger charge is -2.23. The number of thiophene rings is 1. The predicted octanol–water partition coefficient (Wildman–Crippen LogP) is 2.16. The maximum Gasteiger partial charge on any atom is 0.327 e. The van der Waals surface area contributed by atoms with E-state index in [0.29, 0.717) is 11.6 Å². The van der Waals surface area contributed by atoms with Gasteiger partial charge in [0.05, 0.1) is 5.88 Å². The van der Waals surface area contributed by atoms with Gasteiger partial charge in [-0.05, 0) is 26.0 Å². The molecule has 2 N–H and O–H groups in total. The Balaban J connectivity index is 1.89. The summed E-state index contributed by atoms with van der Waals surface area (Å²) in [5, 5.41) is 12.0. The van der Waals surface area contributed by atoms with Gasteiger partial charge in [0.15, 0.2) is 0 Å². The maximum absolute atomic E-state index is 12.1. The Morgan fingerprint density at radius 1 is 1.55 bits per heavy atom. The molecule has 0 spiro atoms. The van der Waals surface area contributed by atoms with E-state index in [1.807, 2.05) is 6.92 Å². The highest BCUT2D eigenvalue weighted by Gasteiger charge is 2.34. The van der Waals surface area contributed by atoms with Crippen LogP contribution in [0.3, 0.4) is 0 Å². The van der Waals surface area contributed by atoms with E-state index in [1.165, 1.54) is 26.4 Å². The van der Waals surface area contributed by atoms with Gasteiger partial charge in [-0.15, -0.1) is 23.1 Å². The van der Waals surface area contributed by atoms with Crippen molar-refractivity contribution in [2.45, 2.75) is 32.4 Å². The van der Waals surface area contributed by atoms with Crippen LogP contribution >= 0.6 is 23.1 Å². The Morgan fingerprint density at radius 3 is 2.90 bits per heavy atom. The molecule has 1 aliphatic heterocycles. The van der Waals surface area contributed by atoms with E-state index >= 15 is 0 Å². The molecule has 1 aliphatic rings. The number of carboxylic acids is 1. The van der Waals surface area contributed by atoms with Gasteiger partial charge >= 0.3 is 12.0 Å². The summed E-state index contributed by atoms with van der Waals surface area (Å²) >= 11 is 3.19. The van der Waals surface area contributed by atoms with Gasteiger partial charge in [-0.2, -0.15) is 0 Å². The first-order valence-electron chi connectivity index (χ1n) is 6.40. The molecule has 1 fully saturated rings. The number of carboxylic acid groups (broad SMARTS) is 1. The van der Waals surface area contributed by atoms with E-state index in [-0.39, 0.29) is 12.1 Å². The second-order valence-corrected chi connectivity index (χ2v) is 7.26. The highest BCUT2D eigenvalue weighted by atomic mass is 32.2. The van der Waals surface area contributed by atoms with Crippen LogP contribution in [0.5, 0.6) is 0 Å². The predicted molar refractivity (Wildman–Crippen MR) is 81.3 cm³/mol. The molecule has 1 aromatic rings. The fourth-order valence-corrected chi connectivity index (χ4v) is 4.25. The number of nitrogens with zero attached hydrogens (tertiary/aromatic N) is 1. The largest absolute Gasteiger partial charge is 0.480 e. The zero-order valence-electron chi connectivity index (χ0n) is 11.5. The molecular weight excluding hydrogens is 296 g/mol. The van der Waals surface area contributed by atoms with E-state index in [9.17, 15) is 9.59 Å². The summed E-state index contributed by atoms with van der Waals surface area (Å²) in [5.74, 6) is -0.0406. The number of urea groups is 1. The van der Waals surface area contributed by atoms with Crippen molar-refractivity contribution < 1.29 is 14.7 Å². The molecule has 1 aromatic heterocycles. The van der Waals surface area contributed by atoms with E-state index in [2.05, 4.69) is 24.4 Å². The quantitative estimate of drug-likeness (QED) is 0.893. The summed E-state index contributed by atoms with van der Waals surface area (Å²) in [5.41, 5.74) is 0. The van der Waals surface area contributed by atoms with Crippen molar-refractivity contribution in [2.75, 3.05) is 11.6 Å². The highest BCUT2D eigenvalue weighted by Crippen LogP contribution is 2.21. The minimum atomic E-state index is -0.938. The Kier molecular flexibility index (Phi) is 4.93. The van der Waals surface area contributed by atoms with Crippen molar-refractivity contribution in [2.24, 2.45) is 0 Å². The molecule has 5 nitrogen and oxygen atoms in total. The molecule has 1 saturated heterocycles. The van der Waals surface area contributed by atoms with E-state index < -0.39 is 12.0 Å². The molecule has 0 saturated carbocycles. The summed E-state index contributed by atoms with van der Waals surface area (Å²) in [4.78, 5) is 27.0. The third kappa shape index (κ3) is 3.67. The number of rotatable bonds is 4. The van der Waals surface area contributed by atoms with Gasteiger partial charge in [-0.3, -0.25) is 0 Å². The molecule has 2 heterocycles. The van der Waals surface area contributed by atoms with Gasteiger partial charge in [0.25, 0.3) is 0 Å². The smallest absolute Gasteiger partial charge is 0.327 e. The van der Waals surface area contributed by atoms with Crippen LogP contribution in [-0.4, -0.2) is 45.7 Å². The first-order chi connectivity index (χ1) is 9.47. The van der Waals surface area contributed by atoms with Crippen LogP contribution in [0, 0.1) is 6.92 Å². The van der Waals surface area contributed by atoms with Gasteiger partial charge in [-0.1, -0.05) is 0 Å². The van der Waals surface area contributed by atoms with Crippen molar-refractivity contribution in [3.63, 3.8) is 0 Å². The Morgan fingerprint density at radius 2 is 2.30 bits per heavy atom. The van der Waals surface area contributed by atoms with Crippen molar-refractivity contribution >= 4 is 35.1 Å². The number of nitrogens with one attached hydrogen (secondary N) is 1. The second kappa shape index (κ2) is 6.49. The number of hydrogen-bond acceptors (Lipinski definition) is 4. The monoisotopic (exact) mass is 314 g/mol. The summed E-state index contributed by atoms with van der Waals surface area (Å²) in [7, 11) is 0. The molecule has 0 radical (unpaired) electrons. The zero-order chi connectivity index (χ0) is 14.7. The molecule has 0 aliphatic carbocycles. The standard InChI is InChI=1S/C13H18N2O3S2/c1-8(5-10-4-3-9(2)20-10)14-13(18)15-7-19-6-11(15)12(16)17/h3-4,8,11H,5-7H2,1-2H3,(H,14,18)(H,16,17)/t8?,11-/m0/s1. The average molecular weight is 314 g/mol. The molecule has 0 bridgehead atoms. The average Bonchev–Trinajstić information content (AvgIpc) is 2.97. The Hall–Kier alpha value is -1.21. The SMILES string of the molecule is Cc1ccc(CC(C)NC(=O)N2CSC[C@H]2C(=O)O)s1. The fourth-order valence-electron chi connectivity index (χ4n) is 2.09. The summed E-state index contributed by atoms with van der Waals surface area (Å²) in [6.07, 6.45) is 0.767. The lowest BCUT2D eigenvalue weighted by atomic mass is 10.2. The number of aliphatic carboxylic acids is 1. The Labute approximate surface area is 126 Å². The molecule has 110 valence electrons. The van der Waals surface area contributed by atoms with E-state index in [1.54, 1.807) is 11.3 Å². The molecule has 20 heavy (non-hydrogen) atoms. The molecule has 2 amide bonds. The Bertz CT molecular complexity index is 504. The third-order valence-corrected chi connectivity index (χ3v) is 5.14. The van der Waals surface area contributed by atoms with Crippen LogP contribution in [0.1, 0.15) is 16.7 Å². The van der Waals surface area contributed by atoms with Crippen LogP contribution in [0.2, 0.25) is 0 Å². The van der Waals surface area contributed by atoms with Gasteiger partial charge in [0.1, 0.15) is 6.04 Å². The number of hydrogen-bond donors (Lipinski definition) is 2.